The van der Waals surface area contributed by atoms with Crippen LogP contribution in [-0.2, 0) is 0 Å². The first kappa shape index (κ1) is 11.8. The molecule has 1 rings (SSSR count). The number of alkyl halides is 3. The molecule has 1 saturated carbocycles. The van der Waals surface area contributed by atoms with Crippen LogP contribution >= 0.6 is 0 Å². The summed E-state index contributed by atoms with van der Waals surface area (Å²) in [5.74, 6) is 0. The fourth-order valence-electron chi connectivity index (χ4n) is 2.12. The first-order valence-corrected chi connectivity index (χ1v) is 5.21. The molecule has 1 unspecified atom stereocenters. The molecule has 1 N–H and O–H groups in total. The second kappa shape index (κ2) is 4.09. The van der Waals surface area contributed by atoms with Crippen LogP contribution in [0.5, 0.6) is 0 Å². The van der Waals surface area contributed by atoms with Gasteiger partial charge in [0.1, 0.15) is 0 Å². The first-order chi connectivity index (χ1) is 6.37. The molecule has 1 atom stereocenters. The standard InChI is InChI=1S/C10H18F3N/c1-3-9(5-4-6-9)14-8(2)7-10(11,12)13/h8,14H,3-7H2,1-2H3. The number of hydrogen-bond acceptors (Lipinski definition) is 1. The highest BCUT2D eigenvalue weighted by Gasteiger charge is 2.38. The molecule has 14 heavy (non-hydrogen) atoms. The number of halogens is 3. The number of hydrogen-bond donors (Lipinski definition) is 1. The summed E-state index contributed by atoms with van der Waals surface area (Å²) in [6, 6.07) is -0.463. The molecule has 0 aromatic heterocycles. The number of rotatable bonds is 4. The van der Waals surface area contributed by atoms with Gasteiger partial charge >= 0.3 is 6.18 Å². The van der Waals surface area contributed by atoms with Crippen LogP contribution < -0.4 is 5.32 Å². The SMILES string of the molecule is CCC1(NC(C)CC(F)(F)F)CCC1. The quantitative estimate of drug-likeness (QED) is 0.749. The Morgan fingerprint density at radius 2 is 1.93 bits per heavy atom. The van der Waals surface area contributed by atoms with Crippen molar-refractivity contribution in [2.45, 2.75) is 63.7 Å². The lowest BCUT2D eigenvalue weighted by Crippen LogP contribution is -2.54. The maximum atomic E-state index is 12.1. The first-order valence-electron chi connectivity index (χ1n) is 5.21. The Labute approximate surface area is 83.1 Å². The second-order valence-corrected chi connectivity index (χ2v) is 4.35. The van der Waals surface area contributed by atoms with Gasteiger partial charge in [0.05, 0.1) is 6.42 Å². The van der Waals surface area contributed by atoms with Crippen LogP contribution in [0.3, 0.4) is 0 Å². The summed E-state index contributed by atoms with van der Waals surface area (Å²) in [4.78, 5) is 0. The van der Waals surface area contributed by atoms with Crippen LogP contribution in [0.2, 0.25) is 0 Å². The minimum absolute atomic E-state index is 0.00463. The fourth-order valence-corrected chi connectivity index (χ4v) is 2.12. The van der Waals surface area contributed by atoms with Gasteiger partial charge in [-0.2, -0.15) is 13.2 Å². The molecule has 0 radical (unpaired) electrons. The molecule has 0 aliphatic heterocycles. The van der Waals surface area contributed by atoms with Crippen molar-refractivity contribution in [3.05, 3.63) is 0 Å². The third kappa shape index (κ3) is 3.15. The van der Waals surface area contributed by atoms with E-state index in [1.54, 1.807) is 6.92 Å². The molecule has 1 fully saturated rings. The van der Waals surface area contributed by atoms with Gasteiger partial charge in [-0.05, 0) is 32.6 Å². The molecule has 1 nitrogen and oxygen atoms in total. The molecule has 0 aromatic carbocycles. The topological polar surface area (TPSA) is 12.0 Å². The van der Waals surface area contributed by atoms with Gasteiger partial charge in [-0.15, -0.1) is 0 Å². The summed E-state index contributed by atoms with van der Waals surface area (Å²) in [5, 5.41) is 3.12. The molecule has 1 aliphatic carbocycles. The molecule has 84 valence electrons. The van der Waals surface area contributed by atoms with E-state index in [4.69, 9.17) is 0 Å². The summed E-state index contributed by atoms with van der Waals surface area (Å²) in [5.41, 5.74) is 0.00463. The van der Waals surface area contributed by atoms with Gasteiger partial charge in [0.2, 0.25) is 0 Å². The normalized spacial score (nSPS) is 22.9. The van der Waals surface area contributed by atoms with E-state index in [2.05, 4.69) is 5.32 Å². The summed E-state index contributed by atoms with van der Waals surface area (Å²) < 4.78 is 36.2. The molecule has 0 amide bonds. The van der Waals surface area contributed by atoms with E-state index < -0.39 is 18.6 Å². The van der Waals surface area contributed by atoms with Gasteiger partial charge in [-0.1, -0.05) is 6.92 Å². The van der Waals surface area contributed by atoms with Crippen molar-refractivity contribution in [2.24, 2.45) is 0 Å². The summed E-state index contributed by atoms with van der Waals surface area (Å²) in [6.07, 6.45) is -0.675. The van der Waals surface area contributed by atoms with E-state index in [-0.39, 0.29) is 5.54 Å². The smallest absolute Gasteiger partial charge is 0.308 e. The lowest BCUT2D eigenvalue weighted by atomic mass is 9.74. The van der Waals surface area contributed by atoms with Crippen LogP contribution in [0.25, 0.3) is 0 Å². The van der Waals surface area contributed by atoms with Crippen LogP contribution in [-0.4, -0.2) is 17.8 Å². The minimum Gasteiger partial charge on any atom is -0.308 e. The van der Waals surface area contributed by atoms with Crippen molar-refractivity contribution < 1.29 is 13.2 Å². The lowest BCUT2D eigenvalue weighted by molar-refractivity contribution is -0.140. The molecule has 0 aromatic rings. The van der Waals surface area contributed by atoms with Crippen molar-refractivity contribution in [1.82, 2.24) is 5.32 Å². The fraction of sp³-hybridized carbons (Fsp3) is 1.00. The van der Waals surface area contributed by atoms with Crippen molar-refractivity contribution in [1.29, 1.82) is 0 Å². The van der Waals surface area contributed by atoms with Crippen LogP contribution in [0.1, 0.15) is 46.0 Å². The van der Waals surface area contributed by atoms with Crippen LogP contribution in [0, 0.1) is 0 Å². The highest BCUT2D eigenvalue weighted by atomic mass is 19.4. The van der Waals surface area contributed by atoms with E-state index in [0.29, 0.717) is 0 Å². The van der Waals surface area contributed by atoms with Gasteiger partial charge < -0.3 is 5.32 Å². The minimum atomic E-state index is -4.05. The maximum Gasteiger partial charge on any atom is 0.390 e. The Morgan fingerprint density at radius 1 is 1.36 bits per heavy atom. The van der Waals surface area contributed by atoms with Gasteiger partial charge in [0, 0.05) is 11.6 Å². The van der Waals surface area contributed by atoms with Gasteiger partial charge in [0.25, 0.3) is 0 Å². The Bertz CT molecular complexity index is 179. The molecule has 0 heterocycles. The molecule has 0 saturated heterocycles. The Morgan fingerprint density at radius 3 is 2.21 bits per heavy atom. The van der Waals surface area contributed by atoms with E-state index in [0.717, 1.165) is 25.7 Å². The third-order valence-corrected chi connectivity index (χ3v) is 3.08. The molecule has 0 bridgehead atoms. The highest BCUT2D eigenvalue weighted by molar-refractivity contribution is 4.96. The van der Waals surface area contributed by atoms with E-state index >= 15 is 0 Å². The summed E-state index contributed by atoms with van der Waals surface area (Å²) in [7, 11) is 0. The summed E-state index contributed by atoms with van der Waals surface area (Å²) in [6.45, 7) is 3.65. The molecule has 1 aliphatic rings. The zero-order valence-electron chi connectivity index (χ0n) is 8.75. The van der Waals surface area contributed by atoms with Crippen molar-refractivity contribution in [2.75, 3.05) is 0 Å². The largest absolute Gasteiger partial charge is 0.390 e. The van der Waals surface area contributed by atoms with Crippen molar-refractivity contribution in [3.63, 3.8) is 0 Å². The predicted molar refractivity (Wildman–Crippen MR) is 50.1 cm³/mol. The second-order valence-electron chi connectivity index (χ2n) is 4.35. The molecule has 4 heteroatoms. The van der Waals surface area contributed by atoms with Crippen molar-refractivity contribution >= 4 is 0 Å². The van der Waals surface area contributed by atoms with Crippen molar-refractivity contribution in [3.8, 4) is 0 Å². The summed E-state index contributed by atoms with van der Waals surface area (Å²) >= 11 is 0. The zero-order chi connectivity index (χ0) is 10.8. The van der Waals surface area contributed by atoms with Gasteiger partial charge in [-0.25, -0.2) is 0 Å². The molecular weight excluding hydrogens is 191 g/mol. The monoisotopic (exact) mass is 209 g/mol. The Balaban J connectivity index is 2.36. The van der Waals surface area contributed by atoms with Gasteiger partial charge in [-0.3, -0.25) is 0 Å². The number of nitrogens with one attached hydrogen (secondary N) is 1. The maximum absolute atomic E-state index is 12.1. The van der Waals surface area contributed by atoms with E-state index in [1.807, 2.05) is 6.92 Å². The van der Waals surface area contributed by atoms with Gasteiger partial charge in [0.15, 0.2) is 0 Å². The van der Waals surface area contributed by atoms with E-state index in [9.17, 15) is 13.2 Å². The molecule has 0 spiro atoms. The lowest BCUT2D eigenvalue weighted by Gasteiger charge is -2.44. The van der Waals surface area contributed by atoms with E-state index in [1.165, 1.54) is 0 Å². The predicted octanol–water partition coefficient (Wildman–Crippen LogP) is 3.25. The molecular formula is C10H18F3N. The zero-order valence-corrected chi connectivity index (χ0v) is 8.75. The van der Waals surface area contributed by atoms with Crippen LogP contribution in [0.4, 0.5) is 13.2 Å². The average molecular weight is 209 g/mol. The third-order valence-electron chi connectivity index (χ3n) is 3.08. The highest BCUT2D eigenvalue weighted by Crippen LogP contribution is 2.36. The average Bonchev–Trinajstić information content (AvgIpc) is 1.93. The van der Waals surface area contributed by atoms with Crippen LogP contribution in [0.15, 0.2) is 0 Å². The Hall–Kier alpha value is -0.250. The Kier molecular flexibility index (Phi) is 3.45.